The van der Waals surface area contributed by atoms with Crippen LogP contribution in [0.25, 0.3) is 66.9 Å². The molecule has 2 aromatic heterocycles. The van der Waals surface area contributed by atoms with Gasteiger partial charge in [0.05, 0.1) is 0 Å². The van der Waals surface area contributed by atoms with Crippen LogP contribution in [-0.4, -0.2) is 21.1 Å². The van der Waals surface area contributed by atoms with E-state index in [9.17, 15) is 2.74 Å². The van der Waals surface area contributed by atoms with Gasteiger partial charge in [-0.15, -0.1) is 6.07 Å². The molecule has 360 valence electrons. The van der Waals surface area contributed by atoms with E-state index < -0.39 is 11.5 Å². The Labute approximate surface area is 446 Å². The van der Waals surface area contributed by atoms with Crippen molar-refractivity contribution in [1.29, 1.82) is 0 Å². The number of aromatic nitrogens is 3. The fourth-order valence-electron chi connectivity index (χ4n) is 11.1. The Morgan fingerprint density at radius 2 is 1.27 bits per heavy atom. The first-order chi connectivity index (χ1) is 37.3. The molecule has 3 aliphatic heterocycles. The van der Waals surface area contributed by atoms with Gasteiger partial charge >= 0.3 is 378 Å². The van der Waals surface area contributed by atoms with Gasteiger partial charge in [-0.3, -0.25) is 0 Å². The van der Waals surface area contributed by atoms with Crippen molar-refractivity contribution in [2.24, 2.45) is 5.41 Å². The van der Waals surface area contributed by atoms with Crippen LogP contribution in [0.4, 0.5) is 22.9 Å². The van der Waals surface area contributed by atoms with Crippen molar-refractivity contribution in [2.75, 3.05) is 9.62 Å². The van der Waals surface area contributed by atoms with Crippen LogP contribution in [0.3, 0.4) is 0 Å². The summed E-state index contributed by atoms with van der Waals surface area (Å²) in [5, 5.41) is 0. The van der Waals surface area contributed by atoms with Gasteiger partial charge in [0.1, 0.15) is 0 Å². The normalized spacial score (nSPS) is 14.4. The summed E-state index contributed by atoms with van der Waals surface area (Å²) >= 11 is 2.36. The minimum atomic E-state index is -0.438. The van der Waals surface area contributed by atoms with Crippen LogP contribution in [0.1, 0.15) is 73.4 Å². The van der Waals surface area contributed by atoms with Crippen molar-refractivity contribution in [1.82, 2.24) is 14.1 Å². The average Bonchev–Trinajstić information content (AvgIpc) is 3.35. The first-order valence-electron chi connectivity index (χ1n) is 27.3. The fourth-order valence-corrected chi connectivity index (χ4v) is 12.2. The monoisotopic (exact) mass is 1130 g/mol. The molecule has 0 bridgehead atoms. The third-order valence-corrected chi connectivity index (χ3v) is 16.6. The van der Waals surface area contributed by atoms with Gasteiger partial charge in [0.15, 0.2) is 0 Å². The first-order valence-corrected chi connectivity index (χ1v) is 26.0. The fraction of sp³-hybridized carbons (Fsp3) is 0.169. The molecule has 0 radical (unpaired) electrons. The molecular formula is C65H54BN5OPt-2. The molecule has 8 heteroatoms. The summed E-state index contributed by atoms with van der Waals surface area (Å²) < 4.78 is 57.4. The van der Waals surface area contributed by atoms with Crippen molar-refractivity contribution in [3.8, 4) is 67.5 Å². The van der Waals surface area contributed by atoms with Crippen LogP contribution in [-0.2, 0) is 30.2 Å². The van der Waals surface area contributed by atoms with E-state index in [1.54, 1.807) is 0 Å². The Balaban J connectivity index is 1.01. The summed E-state index contributed by atoms with van der Waals surface area (Å²) in [6.45, 7) is 17.6. The topological polar surface area (TPSA) is 38.5 Å². The number of rotatable bonds is 7. The number of nitrogens with zero attached hydrogens (tertiary/aromatic N) is 5. The van der Waals surface area contributed by atoms with Gasteiger partial charge in [-0.2, -0.15) is 12.1 Å². The molecule has 0 unspecified atom stereocenters. The van der Waals surface area contributed by atoms with E-state index in [0.29, 0.717) is 28.6 Å². The molecule has 0 aliphatic carbocycles. The van der Waals surface area contributed by atoms with Crippen LogP contribution in [0, 0.1) is 21.4 Å². The number of hydrogen-bond acceptors (Lipinski definition) is 4. The molecule has 8 aromatic carbocycles. The summed E-state index contributed by atoms with van der Waals surface area (Å²) in [5.41, 5.74) is 15.7. The Kier molecular flexibility index (Phi) is 9.07. The molecule has 0 saturated heterocycles. The zero-order valence-corrected chi connectivity index (χ0v) is 44.2. The van der Waals surface area contributed by atoms with Crippen molar-refractivity contribution in [3.05, 3.63) is 209 Å². The predicted octanol–water partition coefficient (Wildman–Crippen LogP) is 15.9. The van der Waals surface area contributed by atoms with E-state index in [4.69, 9.17) is 13.8 Å². The molecule has 3 aliphatic rings. The molecule has 0 spiro atoms. The van der Waals surface area contributed by atoms with Crippen molar-refractivity contribution >= 4 is 46.4 Å². The van der Waals surface area contributed by atoms with Crippen LogP contribution in [0.15, 0.2) is 182 Å². The molecule has 73 heavy (non-hydrogen) atoms. The molecule has 0 atom stereocenters. The van der Waals surface area contributed by atoms with Crippen LogP contribution >= 0.6 is 0 Å². The molecular weight excluding hydrogens is 1070 g/mol. The number of fused-ring (bicyclic) bond motifs is 10. The molecule has 0 fully saturated rings. The summed E-state index contributed by atoms with van der Waals surface area (Å²) in [6.07, 6.45) is 0. The van der Waals surface area contributed by atoms with Gasteiger partial charge in [0, 0.05) is 11.3 Å². The summed E-state index contributed by atoms with van der Waals surface area (Å²) in [7, 11) is 0. The zero-order chi connectivity index (χ0) is 54.5. The van der Waals surface area contributed by atoms with Crippen LogP contribution < -0.4 is 19.8 Å². The van der Waals surface area contributed by atoms with E-state index in [0.717, 1.165) is 71.1 Å². The quantitative estimate of drug-likeness (QED) is 0.118. The maximum absolute atomic E-state index is 9.45. The van der Waals surface area contributed by atoms with Crippen LogP contribution in [0.5, 0.6) is 11.6 Å². The molecule has 5 heterocycles. The first kappa shape index (κ1) is 40.1. The summed E-state index contributed by atoms with van der Waals surface area (Å²) in [5.74, 6) is 1.72. The van der Waals surface area contributed by atoms with E-state index in [1.165, 1.54) is 16.6 Å². The Bertz CT molecular complexity index is 4220. The molecule has 13 rings (SSSR count). The minimum absolute atomic E-state index is 0.134. The van der Waals surface area contributed by atoms with Gasteiger partial charge in [0.25, 0.3) is 0 Å². The molecule has 0 saturated carbocycles. The number of hydrogen-bond donors (Lipinski definition) is 0. The number of benzene rings is 8. The van der Waals surface area contributed by atoms with Gasteiger partial charge in [-0.1, -0.05) is 30.3 Å². The number of ether oxygens (including phenoxy) is 1. The van der Waals surface area contributed by atoms with Crippen molar-refractivity contribution in [2.45, 2.75) is 66.2 Å². The Morgan fingerprint density at radius 3 is 2.03 bits per heavy atom. The molecule has 10 aromatic rings. The van der Waals surface area contributed by atoms with Gasteiger partial charge < -0.3 is 0 Å². The number of anilines is 4. The molecule has 0 N–H and O–H groups in total. The van der Waals surface area contributed by atoms with E-state index in [1.807, 2.05) is 54.6 Å². The van der Waals surface area contributed by atoms with Crippen molar-refractivity contribution < 1.29 is 30.9 Å². The van der Waals surface area contributed by atoms with Crippen molar-refractivity contribution in [3.63, 3.8) is 0 Å². The van der Waals surface area contributed by atoms with Gasteiger partial charge in [-0.25, -0.2) is 0 Å². The zero-order valence-electron chi connectivity index (χ0n) is 47.0. The SMILES string of the molecule is [2H]c1c([2H])c([2H])c(-c2cc(C(C)(C)C(C)(C)C)cc(-c3ccccc3)c2-n2[c](=[Pt])n(-c3[c-]c(Oc4cc(C(C)(C)C)c5c(n4)N4B6c7c(cccc7-5)-c5ccccc5N6c5ccc[c-]c54)ccc3)c3ccccc32)c([2H])c1[2H]. The second kappa shape index (κ2) is 16.5. The standard InChI is InChI=1S/C65H54BN5O.Pt/c1-63(2,3)52-40-58(67-62-59(52)49-31-22-30-48-47-29-15-16-32-53(47)70-56-35-19-20-36-57(56)71(62)66(70)60(48)49)72-46-28-21-27-45(39-46)68-41-69(55-34-18-17-33-54(55)68)61-50(42-23-11-9-12-24-42)37-44(65(7,8)64(4,5)6)38-51(61)43-25-13-10-14-26-43;/h9-35,37-38,40H,1-8H3;/q-2;/i9D,11D,12D,23D,24D;. The summed E-state index contributed by atoms with van der Waals surface area (Å²) in [6, 6.07) is 57.6. The van der Waals surface area contributed by atoms with Gasteiger partial charge in [0.2, 0.25) is 0 Å². The number of pyridine rings is 1. The summed E-state index contributed by atoms with van der Waals surface area (Å²) in [4.78, 5) is 10.3. The van der Waals surface area contributed by atoms with E-state index >= 15 is 0 Å². The number of para-hydroxylation sites is 4. The van der Waals surface area contributed by atoms with E-state index in [2.05, 4.69) is 203 Å². The second-order valence-electron chi connectivity index (χ2n) is 21.8. The second-order valence-corrected chi connectivity index (χ2v) is 22.8. The van der Waals surface area contributed by atoms with E-state index in [-0.39, 0.29) is 47.5 Å². The third-order valence-electron chi connectivity index (χ3n) is 15.6. The Morgan fingerprint density at radius 1 is 0.616 bits per heavy atom. The van der Waals surface area contributed by atoms with Crippen LogP contribution in [0.2, 0.25) is 0 Å². The maximum atomic E-state index is 9.45. The Hall–Kier alpha value is -7.47. The third kappa shape index (κ3) is 6.95. The molecule has 6 nitrogen and oxygen atoms in total. The number of imidazole rings is 1. The predicted molar refractivity (Wildman–Crippen MR) is 297 cm³/mol. The van der Waals surface area contributed by atoms with Gasteiger partial charge in [-0.05, 0) is 11.6 Å². The molecule has 0 amide bonds. The average molecular weight is 1130 g/mol.